The molecule has 0 bridgehead atoms. The molecule has 0 saturated carbocycles. The van der Waals surface area contributed by atoms with Gasteiger partial charge in [0.25, 0.3) is 17.7 Å². The van der Waals surface area contributed by atoms with Gasteiger partial charge in [-0.2, -0.15) is 0 Å². The summed E-state index contributed by atoms with van der Waals surface area (Å²) in [6.07, 6.45) is 3.08. The highest BCUT2D eigenvalue weighted by molar-refractivity contribution is 6.05. The maximum Gasteiger partial charge on any atom is 0.257 e. The number of carbonyl (C=O) groups is 3. The fraction of sp³-hybridized carbons (Fsp3) is 0.200. The van der Waals surface area contributed by atoms with Crippen molar-refractivity contribution in [1.29, 1.82) is 0 Å². The van der Waals surface area contributed by atoms with Crippen molar-refractivity contribution in [2.24, 2.45) is 0 Å². The van der Waals surface area contributed by atoms with E-state index in [1.165, 1.54) is 6.20 Å². The highest BCUT2D eigenvalue weighted by atomic mass is 16.5. The number of amides is 3. The Hall–Kier alpha value is -4.20. The smallest absolute Gasteiger partial charge is 0.257 e. The van der Waals surface area contributed by atoms with Crippen LogP contribution in [0.4, 0.5) is 5.69 Å². The van der Waals surface area contributed by atoms with E-state index in [4.69, 9.17) is 4.74 Å². The van der Waals surface area contributed by atoms with Crippen molar-refractivity contribution in [3.63, 3.8) is 0 Å². The predicted molar refractivity (Wildman–Crippen MR) is 123 cm³/mol. The maximum atomic E-state index is 13.0. The van der Waals surface area contributed by atoms with Crippen LogP contribution in [0.5, 0.6) is 5.75 Å². The van der Waals surface area contributed by atoms with E-state index in [0.29, 0.717) is 54.3 Å². The molecule has 0 unspecified atom stereocenters. The first-order valence-corrected chi connectivity index (χ1v) is 10.6. The van der Waals surface area contributed by atoms with Crippen molar-refractivity contribution in [3.05, 3.63) is 89.7 Å². The van der Waals surface area contributed by atoms with Crippen LogP contribution >= 0.6 is 0 Å². The van der Waals surface area contributed by atoms with Gasteiger partial charge in [0.15, 0.2) is 0 Å². The second-order valence-electron chi connectivity index (χ2n) is 7.59. The first-order valence-electron chi connectivity index (χ1n) is 10.6. The third-order valence-corrected chi connectivity index (χ3v) is 5.48. The number of aromatic nitrogens is 1. The van der Waals surface area contributed by atoms with Crippen molar-refractivity contribution >= 4 is 23.4 Å². The minimum Gasteiger partial charge on any atom is -0.497 e. The summed E-state index contributed by atoms with van der Waals surface area (Å²) in [6, 6.07) is 17.2. The lowest BCUT2D eigenvalue weighted by Gasteiger charge is -2.35. The van der Waals surface area contributed by atoms with Crippen molar-refractivity contribution < 1.29 is 19.1 Å². The van der Waals surface area contributed by atoms with Gasteiger partial charge in [-0.1, -0.05) is 6.07 Å². The summed E-state index contributed by atoms with van der Waals surface area (Å²) in [5.74, 6) is 0.202. The number of piperazine rings is 1. The summed E-state index contributed by atoms with van der Waals surface area (Å²) in [5, 5.41) is 2.79. The first-order chi connectivity index (χ1) is 16.0. The molecule has 1 aromatic heterocycles. The predicted octanol–water partition coefficient (Wildman–Crippen LogP) is 2.94. The van der Waals surface area contributed by atoms with E-state index in [0.717, 1.165) is 0 Å². The monoisotopic (exact) mass is 444 g/mol. The van der Waals surface area contributed by atoms with Gasteiger partial charge in [0.05, 0.1) is 12.7 Å². The fourth-order valence-corrected chi connectivity index (χ4v) is 3.64. The van der Waals surface area contributed by atoms with E-state index >= 15 is 0 Å². The lowest BCUT2D eigenvalue weighted by molar-refractivity contribution is 0.0535. The van der Waals surface area contributed by atoms with Crippen LogP contribution < -0.4 is 10.1 Å². The summed E-state index contributed by atoms with van der Waals surface area (Å²) in [5.41, 5.74) is 2.04. The Kier molecular flexibility index (Phi) is 6.64. The summed E-state index contributed by atoms with van der Waals surface area (Å²) in [4.78, 5) is 45.5. The van der Waals surface area contributed by atoms with Crippen molar-refractivity contribution in [2.75, 3.05) is 38.6 Å². The van der Waals surface area contributed by atoms with Gasteiger partial charge in [0, 0.05) is 55.4 Å². The maximum absolute atomic E-state index is 13.0. The van der Waals surface area contributed by atoms with Crippen LogP contribution in [0.1, 0.15) is 31.1 Å². The topological polar surface area (TPSA) is 91.8 Å². The molecule has 0 radical (unpaired) electrons. The Balaban J connectivity index is 1.36. The number of methoxy groups -OCH3 is 1. The summed E-state index contributed by atoms with van der Waals surface area (Å²) < 4.78 is 5.13. The van der Waals surface area contributed by atoms with Gasteiger partial charge in [0.1, 0.15) is 5.75 Å². The fourth-order valence-electron chi connectivity index (χ4n) is 3.64. The first kappa shape index (κ1) is 22.0. The molecule has 1 N–H and O–H groups in total. The van der Waals surface area contributed by atoms with Gasteiger partial charge in [-0.25, -0.2) is 0 Å². The Morgan fingerprint density at radius 2 is 1.45 bits per heavy atom. The SMILES string of the molecule is COc1ccc(C(=O)N2CCN(C(=O)c3cccc(NC(=O)c4cccnc4)c3)CC2)cc1. The van der Waals surface area contributed by atoms with Crippen LogP contribution in [0, 0.1) is 0 Å². The molecule has 0 aliphatic carbocycles. The number of nitrogens with zero attached hydrogens (tertiary/aromatic N) is 3. The number of pyridine rings is 1. The summed E-state index contributed by atoms with van der Waals surface area (Å²) in [6.45, 7) is 1.78. The van der Waals surface area contributed by atoms with E-state index in [-0.39, 0.29) is 17.7 Å². The number of hydrogen-bond donors (Lipinski definition) is 1. The molecule has 8 heteroatoms. The standard InChI is InChI=1S/C25H24N4O4/c1-33-22-9-7-18(8-10-22)24(31)28-12-14-29(15-13-28)25(32)19-4-2-6-21(16-19)27-23(30)20-5-3-11-26-17-20/h2-11,16-17H,12-15H2,1H3,(H,27,30). The average molecular weight is 444 g/mol. The lowest BCUT2D eigenvalue weighted by atomic mass is 10.1. The zero-order valence-electron chi connectivity index (χ0n) is 18.2. The van der Waals surface area contributed by atoms with Gasteiger partial charge >= 0.3 is 0 Å². The Morgan fingerprint density at radius 1 is 0.818 bits per heavy atom. The quantitative estimate of drug-likeness (QED) is 0.653. The van der Waals surface area contributed by atoms with Gasteiger partial charge in [-0.15, -0.1) is 0 Å². The zero-order valence-corrected chi connectivity index (χ0v) is 18.2. The van der Waals surface area contributed by atoms with Crippen molar-refractivity contribution in [3.8, 4) is 5.75 Å². The molecule has 168 valence electrons. The molecule has 3 amide bonds. The molecular weight excluding hydrogens is 420 g/mol. The van der Waals surface area contributed by atoms with Gasteiger partial charge in [-0.05, 0) is 54.6 Å². The van der Waals surface area contributed by atoms with Gasteiger partial charge in [-0.3, -0.25) is 19.4 Å². The molecule has 1 aliphatic heterocycles. The van der Waals surface area contributed by atoms with Crippen molar-refractivity contribution in [2.45, 2.75) is 0 Å². The van der Waals surface area contributed by atoms with Crippen LogP contribution in [-0.2, 0) is 0 Å². The van der Waals surface area contributed by atoms with Crippen LogP contribution in [0.15, 0.2) is 73.1 Å². The summed E-state index contributed by atoms with van der Waals surface area (Å²) >= 11 is 0. The molecule has 4 rings (SSSR count). The number of benzene rings is 2. The Bertz CT molecular complexity index is 1140. The Morgan fingerprint density at radius 3 is 2.06 bits per heavy atom. The number of rotatable bonds is 5. The molecule has 1 fully saturated rings. The van der Waals surface area contributed by atoms with E-state index in [1.807, 2.05) is 0 Å². The molecule has 2 heterocycles. The summed E-state index contributed by atoms with van der Waals surface area (Å²) in [7, 11) is 1.58. The van der Waals surface area contributed by atoms with Gasteiger partial charge in [0.2, 0.25) is 0 Å². The number of anilines is 1. The Labute approximate surface area is 191 Å². The minimum atomic E-state index is -0.293. The van der Waals surface area contributed by atoms with Crippen LogP contribution in [0.2, 0.25) is 0 Å². The second-order valence-corrected chi connectivity index (χ2v) is 7.59. The van der Waals surface area contributed by atoms with Crippen LogP contribution in [-0.4, -0.2) is 65.8 Å². The molecule has 33 heavy (non-hydrogen) atoms. The molecule has 8 nitrogen and oxygen atoms in total. The molecule has 1 saturated heterocycles. The number of nitrogens with one attached hydrogen (secondary N) is 1. The normalized spacial score (nSPS) is 13.4. The van der Waals surface area contributed by atoms with E-state index < -0.39 is 0 Å². The van der Waals surface area contributed by atoms with Gasteiger partial charge < -0.3 is 19.9 Å². The second kappa shape index (κ2) is 9.95. The number of carbonyl (C=O) groups excluding carboxylic acids is 3. The highest BCUT2D eigenvalue weighted by Crippen LogP contribution is 2.17. The van der Waals surface area contributed by atoms with E-state index in [9.17, 15) is 14.4 Å². The average Bonchev–Trinajstić information content (AvgIpc) is 2.88. The van der Waals surface area contributed by atoms with Crippen LogP contribution in [0.25, 0.3) is 0 Å². The molecule has 2 aromatic carbocycles. The highest BCUT2D eigenvalue weighted by Gasteiger charge is 2.25. The minimum absolute atomic E-state index is 0.0649. The number of hydrogen-bond acceptors (Lipinski definition) is 5. The van der Waals surface area contributed by atoms with Crippen molar-refractivity contribution in [1.82, 2.24) is 14.8 Å². The number of ether oxygens (including phenoxy) is 1. The molecule has 0 atom stereocenters. The molecular formula is C25H24N4O4. The largest absolute Gasteiger partial charge is 0.497 e. The molecule has 3 aromatic rings. The molecule has 1 aliphatic rings. The van der Waals surface area contributed by atoms with E-state index in [1.54, 1.807) is 83.8 Å². The van der Waals surface area contributed by atoms with E-state index in [2.05, 4.69) is 10.3 Å². The third kappa shape index (κ3) is 5.17. The van der Waals surface area contributed by atoms with Crippen LogP contribution in [0.3, 0.4) is 0 Å². The molecule has 0 spiro atoms. The lowest BCUT2D eigenvalue weighted by Crippen LogP contribution is -2.50. The zero-order chi connectivity index (χ0) is 23.2. The third-order valence-electron chi connectivity index (χ3n) is 5.48.